The smallest absolute Gasteiger partial charge is 0.166 e. The van der Waals surface area contributed by atoms with E-state index in [-0.39, 0.29) is 0 Å². The SMILES string of the molecule is Clc1ccc2oc3ccccc3c2c1-c1nc(-c2ccccc2)nc(-c2cccc3c2c2ccccc2n3-c2ccccc2)n1.c1ccc(-c2nc(-c3c(-n4c5ccccc5c5cc6ccccc6cc54)ccc4oc5ccccc5c34)nc(-c3cccc4c3c3ccccc3n4-c3ccccc3)n2)cc1.c1ccc2c(c1)Cc1cc3ccccc3cc1-2. The van der Waals surface area contributed by atoms with Gasteiger partial charge in [0.25, 0.3) is 0 Å². The summed E-state index contributed by atoms with van der Waals surface area (Å²) in [6.45, 7) is 0. The molecule has 576 valence electrons. The highest BCUT2D eigenvalue weighted by Gasteiger charge is 2.29. The Morgan fingerprint density at radius 3 is 1.19 bits per heavy atom. The van der Waals surface area contributed by atoms with Crippen molar-refractivity contribution in [1.82, 2.24) is 43.6 Å². The van der Waals surface area contributed by atoms with E-state index < -0.39 is 0 Å². The van der Waals surface area contributed by atoms with Crippen molar-refractivity contribution in [2.75, 3.05) is 0 Å². The highest BCUT2D eigenvalue weighted by atomic mass is 35.5. The van der Waals surface area contributed by atoms with Crippen molar-refractivity contribution in [2.24, 2.45) is 0 Å². The minimum atomic E-state index is 0.491. The third-order valence-corrected chi connectivity index (χ3v) is 24.5. The summed E-state index contributed by atoms with van der Waals surface area (Å²) in [5.41, 5.74) is 23.8. The summed E-state index contributed by atoms with van der Waals surface area (Å²) < 4.78 is 19.8. The van der Waals surface area contributed by atoms with Crippen LogP contribution in [0.2, 0.25) is 5.02 Å². The van der Waals surface area contributed by atoms with Crippen LogP contribution in [0.4, 0.5) is 0 Å². The van der Waals surface area contributed by atoms with Crippen molar-refractivity contribution in [2.45, 2.75) is 6.42 Å². The molecule has 12 heteroatoms. The van der Waals surface area contributed by atoms with Crippen LogP contribution in [-0.2, 0) is 6.42 Å². The van der Waals surface area contributed by atoms with Crippen molar-refractivity contribution >= 4 is 142 Å². The maximum absolute atomic E-state index is 6.99. The van der Waals surface area contributed by atoms with E-state index in [2.05, 4.69) is 311 Å². The van der Waals surface area contributed by atoms with Crippen molar-refractivity contribution in [3.8, 4) is 96.5 Å². The van der Waals surface area contributed by atoms with Gasteiger partial charge in [-0.25, -0.2) is 29.9 Å². The fourth-order valence-corrected chi connectivity index (χ4v) is 19.0. The molecule has 25 aromatic rings. The lowest BCUT2D eigenvalue weighted by atomic mass is 10.0. The Balaban J connectivity index is 0.000000119. The average Bonchev–Trinajstić information content (AvgIpc) is 1.58. The Hall–Kier alpha value is -16.2. The van der Waals surface area contributed by atoms with Gasteiger partial charge in [-0.15, -0.1) is 0 Å². The molecule has 0 aliphatic heterocycles. The summed E-state index contributed by atoms with van der Waals surface area (Å²) in [5.74, 6) is 3.38. The van der Waals surface area contributed by atoms with E-state index >= 15 is 0 Å². The number of hydrogen-bond donors (Lipinski definition) is 0. The molecule has 7 heterocycles. The summed E-state index contributed by atoms with van der Waals surface area (Å²) in [5, 5.41) is 16.2. The summed E-state index contributed by atoms with van der Waals surface area (Å²) in [6, 6.07) is 139. The van der Waals surface area contributed by atoms with Crippen molar-refractivity contribution < 1.29 is 8.83 Å². The van der Waals surface area contributed by atoms with Crippen LogP contribution >= 0.6 is 11.6 Å². The number of aromatic nitrogens is 9. The zero-order valence-corrected chi connectivity index (χ0v) is 66.8. The normalized spacial score (nSPS) is 11.9. The minimum absolute atomic E-state index is 0.491. The molecule has 0 unspecified atom stereocenters. The summed E-state index contributed by atoms with van der Waals surface area (Å²) >= 11 is 6.99. The van der Waals surface area contributed by atoms with Gasteiger partial charge in [0.15, 0.2) is 34.9 Å². The van der Waals surface area contributed by atoms with E-state index in [0.717, 1.165) is 155 Å². The van der Waals surface area contributed by atoms with E-state index in [1.807, 2.05) is 103 Å². The molecule has 0 radical (unpaired) electrons. The van der Waals surface area contributed by atoms with E-state index in [4.69, 9.17) is 50.3 Å². The molecule has 0 saturated carbocycles. The topological polar surface area (TPSA) is 118 Å². The van der Waals surface area contributed by atoms with Gasteiger partial charge < -0.3 is 22.5 Å². The maximum Gasteiger partial charge on any atom is 0.166 e. The quantitative estimate of drug-likeness (QED) is 0.140. The Bertz CT molecular complexity index is 8570. The number of para-hydroxylation sites is 7. The molecule has 0 saturated heterocycles. The molecule has 0 bridgehead atoms. The molecule has 0 amide bonds. The number of fused-ring (bicyclic) bond motifs is 20. The third-order valence-electron chi connectivity index (χ3n) is 24.1. The van der Waals surface area contributed by atoms with Crippen LogP contribution in [0.1, 0.15) is 11.1 Å². The lowest BCUT2D eigenvalue weighted by molar-refractivity contribution is 0.668. The van der Waals surface area contributed by atoms with Gasteiger partial charge in [0.05, 0.1) is 49.4 Å². The first-order valence-electron chi connectivity index (χ1n) is 41.3. The highest BCUT2D eigenvalue weighted by molar-refractivity contribution is 6.36. The first kappa shape index (κ1) is 70.9. The summed E-state index contributed by atoms with van der Waals surface area (Å²) in [4.78, 5) is 31.6. The van der Waals surface area contributed by atoms with Gasteiger partial charge >= 0.3 is 0 Å². The van der Waals surface area contributed by atoms with E-state index in [0.29, 0.717) is 40.0 Å². The molecular formula is C111H68ClN9O2. The molecular weight excluding hydrogens is 1530 g/mol. The summed E-state index contributed by atoms with van der Waals surface area (Å²) in [6.07, 6.45) is 1.08. The maximum atomic E-state index is 6.99. The largest absolute Gasteiger partial charge is 0.456 e. The van der Waals surface area contributed by atoms with Crippen LogP contribution in [0.25, 0.3) is 227 Å². The third kappa shape index (κ3) is 11.9. The molecule has 0 atom stereocenters. The number of furan rings is 2. The highest BCUT2D eigenvalue weighted by Crippen LogP contribution is 2.48. The van der Waals surface area contributed by atoms with Crippen LogP contribution < -0.4 is 0 Å². The Morgan fingerprint density at radius 2 is 0.626 bits per heavy atom. The number of benzene rings is 18. The van der Waals surface area contributed by atoms with Crippen molar-refractivity contribution in [3.63, 3.8) is 0 Å². The lowest BCUT2D eigenvalue weighted by Gasteiger charge is -2.16. The van der Waals surface area contributed by atoms with Gasteiger partial charge in [-0.05, 0) is 159 Å². The fourth-order valence-electron chi connectivity index (χ4n) is 18.7. The Morgan fingerprint density at radius 1 is 0.228 bits per heavy atom. The van der Waals surface area contributed by atoms with Gasteiger partial charge in [-0.2, -0.15) is 0 Å². The second kappa shape index (κ2) is 29.1. The Kier molecular flexibility index (Phi) is 16.8. The second-order valence-corrected chi connectivity index (χ2v) is 31.6. The first-order valence-corrected chi connectivity index (χ1v) is 41.7. The number of hydrogen-bond acceptors (Lipinski definition) is 8. The van der Waals surface area contributed by atoms with Crippen LogP contribution in [0.15, 0.2) is 409 Å². The predicted molar refractivity (Wildman–Crippen MR) is 505 cm³/mol. The molecule has 123 heavy (non-hydrogen) atoms. The van der Waals surface area contributed by atoms with Gasteiger partial charge in [-0.3, -0.25) is 0 Å². The molecule has 0 fully saturated rings. The zero-order chi connectivity index (χ0) is 81.2. The standard InChI is InChI=1S/C55H33N5O.C39H23ClN4O.C17H12/c1-3-16-34(17-4-1)53-56-54(41-25-15-28-45-50(41)39-23-10-13-27-44(39)59(45)37-20-5-2-6-21-37)58-55(57-53)52-46(30-31-49-51(52)40-24-11-14-29-48(40)61-49)60-43-26-12-9-22-38(43)42-32-35-18-7-8-19-36(35)33-47(42)60;40-29-22-23-33-35(27-17-8-10-21-32(27)45-33)36(29)39-42-37(24-12-3-1-4-13-24)41-38(43-39)28-18-11-20-31-34(28)26-16-7-9-19-30(26)44(31)25-14-5-2-6-15-25;1-2-6-13-11-17-15(9-12(13)5-1)10-14-7-3-4-8-16(14)17/h1-33H;1-23H;1-9,11H,10H2. The average molecular weight is 1600 g/mol. The van der Waals surface area contributed by atoms with Crippen LogP contribution in [0.5, 0.6) is 0 Å². The number of halogens is 1. The lowest BCUT2D eigenvalue weighted by Crippen LogP contribution is -2.04. The van der Waals surface area contributed by atoms with Crippen LogP contribution in [0.3, 0.4) is 0 Å². The molecule has 1 aliphatic rings. The molecule has 0 spiro atoms. The minimum Gasteiger partial charge on any atom is -0.456 e. The fraction of sp³-hybridized carbons (Fsp3) is 0.00901. The zero-order valence-electron chi connectivity index (χ0n) is 66.0. The molecule has 18 aromatic carbocycles. The molecule has 11 nitrogen and oxygen atoms in total. The summed E-state index contributed by atoms with van der Waals surface area (Å²) in [7, 11) is 0. The van der Waals surface area contributed by atoms with Gasteiger partial charge in [0, 0.05) is 93.1 Å². The monoisotopic (exact) mass is 1590 g/mol. The van der Waals surface area contributed by atoms with E-state index in [1.165, 1.54) is 54.6 Å². The second-order valence-electron chi connectivity index (χ2n) is 31.2. The first-order chi connectivity index (χ1) is 60.9. The van der Waals surface area contributed by atoms with E-state index in [1.54, 1.807) is 0 Å². The predicted octanol–water partition coefficient (Wildman–Crippen LogP) is 29.1. The van der Waals surface area contributed by atoms with Crippen LogP contribution in [0, 0.1) is 0 Å². The molecule has 1 aliphatic carbocycles. The molecule has 0 N–H and O–H groups in total. The van der Waals surface area contributed by atoms with Crippen molar-refractivity contribution in [1.29, 1.82) is 0 Å². The number of rotatable bonds is 9. The van der Waals surface area contributed by atoms with Gasteiger partial charge in [-0.1, -0.05) is 303 Å². The van der Waals surface area contributed by atoms with Gasteiger partial charge in [0.2, 0.25) is 0 Å². The number of nitrogens with zero attached hydrogens (tertiary/aromatic N) is 9. The molecule has 26 rings (SSSR count). The van der Waals surface area contributed by atoms with Gasteiger partial charge in [0.1, 0.15) is 22.3 Å². The molecule has 7 aromatic heterocycles. The van der Waals surface area contributed by atoms with Crippen LogP contribution in [-0.4, -0.2) is 43.6 Å². The van der Waals surface area contributed by atoms with Crippen molar-refractivity contribution in [3.05, 3.63) is 417 Å². The Labute approximate surface area is 709 Å². The van der Waals surface area contributed by atoms with E-state index in [9.17, 15) is 0 Å².